The molecule has 0 rings (SSSR count). The number of aliphatic hydroxyl groups excluding tert-OH is 1. The van der Waals surface area contributed by atoms with Crippen LogP contribution in [0.4, 0.5) is 0 Å². The molecule has 2 N–H and O–H groups in total. The minimum Gasteiger partial charge on any atom is -0.394 e. The van der Waals surface area contributed by atoms with Crippen LogP contribution in [-0.2, 0) is 9.47 Å². The summed E-state index contributed by atoms with van der Waals surface area (Å²) in [5.74, 6) is 0. The molecule has 0 aliphatic rings. The van der Waals surface area contributed by atoms with Gasteiger partial charge in [-0.3, -0.25) is 0 Å². The zero-order valence-electron chi connectivity index (χ0n) is 13.7. The second-order valence-electron chi connectivity index (χ2n) is 6.62. The molecule has 0 aromatic rings. The van der Waals surface area contributed by atoms with E-state index in [0.29, 0.717) is 12.6 Å². The van der Waals surface area contributed by atoms with Gasteiger partial charge in [-0.25, -0.2) is 0 Å². The number of aliphatic hydroxyl groups is 1. The van der Waals surface area contributed by atoms with E-state index in [1.165, 1.54) is 0 Å². The normalized spacial score (nSPS) is 17.5. The van der Waals surface area contributed by atoms with Crippen molar-refractivity contribution in [3.8, 4) is 0 Å². The van der Waals surface area contributed by atoms with Gasteiger partial charge in [0.05, 0.1) is 18.3 Å². The molecule has 0 saturated carbocycles. The Morgan fingerprint density at radius 3 is 2.16 bits per heavy atom. The Kier molecular flexibility index (Phi) is 8.13. The summed E-state index contributed by atoms with van der Waals surface area (Å²) in [4.78, 5) is 0. The van der Waals surface area contributed by atoms with Gasteiger partial charge in [-0.2, -0.15) is 0 Å². The second kappa shape index (κ2) is 8.20. The Morgan fingerprint density at radius 2 is 1.74 bits per heavy atom. The van der Waals surface area contributed by atoms with Gasteiger partial charge in [0, 0.05) is 25.3 Å². The molecule has 19 heavy (non-hydrogen) atoms. The van der Waals surface area contributed by atoms with Crippen LogP contribution in [0.5, 0.6) is 0 Å². The fourth-order valence-corrected chi connectivity index (χ4v) is 2.17. The molecule has 0 aromatic carbocycles. The van der Waals surface area contributed by atoms with Gasteiger partial charge in [-0.1, -0.05) is 13.8 Å². The van der Waals surface area contributed by atoms with E-state index in [4.69, 9.17) is 9.47 Å². The molecule has 0 saturated heterocycles. The Bertz CT molecular complexity index is 244. The SMILES string of the molecule is COC(C)(C)CCOC(C)CC(C)(CO)NC(C)C. The van der Waals surface area contributed by atoms with E-state index in [2.05, 4.69) is 39.9 Å². The monoisotopic (exact) mass is 275 g/mol. The van der Waals surface area contributed by atoms with Crippen LogP contribution in [0.25, 0.3) is 0 Å². The second-order valence-corrected chi connectivity index (χ2v) is 6.62. The summed E-state index contributed by atoms with van der Waals surface area (Å²) < 4.78 is 11.2. The van der Waals surface area contributed by atoms with Crippen LogP contribution in [0.15, 0.2) is 0 Å². The fraction of sp³-hybridized carbons (Fsp3) is 1.00. The van der Waals surface area contributed by atoms with Crippen LogP contribution in [0.3, 0.4) is 0 Å². The lowest BCUT2D eigenvalue weighted by Gasteiger charge is -2.34. The average molecular weight is 275 g/mol. The topological polar surface area (TPSA) is 50.7 Å². The highest BCUT2D eigenvalue weighted by Gasteiger charge is 2.27. The Hall–Kier alpha value is -0.160. The smallest absolute Gasteiger partial charge is 0.0644 e. The highest BCUT2D eigenvalue weighted by atomic mass is 16.5. The van der Waals surface area contributed by atoms with Crippen molar-refractivity contribution in [3.05, 3.63) is 0 Å². The highest BCUT2D eigenvalue weighted by molar-refractivity contribution is 4.86. The van der Waals surface area contributed by atoms with Crippen molar-refractivity contribution in [3.63, 3.8) is 0 Å². The maximum absolute atomic E-state index is 9.54. The number of hydrogen-bond acceptors (Lipinski definition) is 4. The molecule has 0 spiro atoms. The van der Waals surface area contributed by atoms with Crippen molar-refractivity contribution in [2.45, 2.75) is 77.7 Å². The summed E-state index contributed by atoms with van der Waals surface area (Å²) in [7, 11) is 1.72. The van der Waals surface area contributed by atoms with Crippen LogP contribution in [0, 0.1) is 0 Å². The van der Waals surface area contributed by atoms with Crippen LogP contribution in [0.2, 0.25) is 0 Å². The first kappa shape index (κ1) is 18.8. The van der Waals surface area contributed by atoms with Crippen molar-refractivity contribution < 1.29 is 14.6 Å². The lowest BCUT2D eigenvalue weighted by molar-refractivity contribution is -0.0318. The van der Waals surface area contributed by atoms with Crippen LogP contribution in [0.1, 0.15) is 54.4 Å². The molecule has 0 fully saturated rings. The quantitative estimate of drug-likeness (QED) is 0.642. The third-order valence-electron chi connectivity index (χ3n) is 3.38. The molecule has 0 amide bonds. The lowest BCUT2D eigenvalue weighted by Crippen LogP contribution is -2.51. The molecule has 0 radical (unpaired) electrons. The molecule has 4 heteroatoms. The molecule has 0 heterocycles. The molecule has 116 valence electrons. The molecular weight excluding hydrogens is 242 g/mol. The van der Waals surface area contributed by atoms with E-state index < -0.39 is 0 Å². The van der Waals surface area contributed by atoms with Crippen molar-refractivity contribution >= 4 is 0 Å². The summed E-state index contributed by atoms with van der Waals surface area (Å²) in [5, 5.41) is 12.9. The van der Waals surface area contributed by atoms with Crippen LogP contribution >= 0.6 is 0 Å². The zero-order valence-corrected chi connectivity index (χ0v) is 13.7. The number of nitrogens with one attached hydrogen (secondary N) is 1. The Balaban J connectivity index is 4.11. The summed E-state index contributed by atoms with van der Waals surface area (Å²) in [6.07, 6.45) is 1.76. The van der Waals surface area contributed by atoms with Crippen LogP contribution < -0.4 is 5.32 Å². The predicted molar refractivity (Wildman–Crippen MR) is 79.5 cm³/mol. The maximum Gasteiger partial charge on any atom is 0.0644 e. The minimum absolute atomic E-state index is 0.107. The molecule has 0 aliphatic carbocycles. The molecular formula is C15H33NO3. The van der Waals surface area contributed by atoms with Gasteiger partial charge in [-0.15, -0.1) is 0 Å². The van der Waals surface area contributed by atoms with Gasteiger partial charge in [0.15, 0.2) is 0 Å². The third kappa shape index (κ3) is 8.58. The van der Waals surface area contributed by atoms with E-state index in [1.807, 2.05) is 6.92 Å². The molecule has 0 bridgehead atoms. The Morgan fingerprint density at radius 1 is 1.16 bits per heavy atom. The number of rotatable bonds is 10. The summed E-state index contributed by atoms with van der Waals surface area (Å²) in [6.45, 7) is 13.1. The van der Waals surface area contributed by atoms with Gasteiger partial charge < -0.3 is 19.9 Å². The number of ether oxygens (including phenoxy) is 2. The molecule has 2 unspecified atom stereocenters. The largest absolute Gasteiger partial charge is 0.394 e. The van der Waals surface area contributed by atoms with E-state index >= 15 is 0 Å². The highest BCUT2D eigenvalue weighted by Crippen LogP contribution is 2.17. The first-order valence-corrected chi connectivity index (χ1v) is 7.19. The summed E-state index contributed by atoms with van der Waals surface area (Å²) >= 11 is 0. The summed E-state index contributed by atoms with van der Waals surface area (Å²) in [5.41, 5.74) is -0.430. The number of methoxy groups -OCH3 is 1. The predicted octanol–water partition coefficient (Wildman–Crippen LogP) is 2.35. The first-order valence-electron chi connectivity index (χ1n) is 7.19. The lowest BCUT2D eigenvalue weighted by atomic mass is 9.94. The standard InChI is InChI=1S/C15H33NO3/c1-12(2)16-15(6,11-17)10-13(3)19-9-8-14(4,5)18-7/h12-13,16-17H,8-11H2,1-7H3. The van der Waals surface area contributed by atoms with Gasteiger partial charge in [0.2, 0.25) is 0 Å². The van der Waals surface area contributed by atoms with Gasteiger partial charge in [0.25, 0.3) is 0 Å². The molecule has 0 aliphatic heterocycles. The average Bonchev–Trinajstić information content (AvgIpc) is 2.27. The van der Waals surface area contributed by atoms with Gasteiger partial charge >= 0.3 is 0 Å². The van der Waals surface area contributed by atoms with Crippen molar-refractivity contribution in [1.29, 1.82) is 0 Å². The zero-order chi connectivity index (χ0) is 15.1. The van der Waals surface area contributed by atoms with Crippen molar-refractivity contribution in [2.24, 2.45) is 0 Å². The number of hydrogen-bond donors (Lipinski definition) is 2. The molecule has 2 atom stereocenters. The molecule has 4 nitrogen and oxygen atoms in total. The fourth-order valence-electron chi connectivity index (χ4n) is 2.17. The maximum atomic E-state index is 9.54. The summed E-state index contributed by atoms with van der Waals surface area (Å²) in [6, 6.07) is 0.344. The van der Waals surface area contributed by atoms with Crippen LogP contribution in [-0.4, -0.2) is 48.7 Å². The minimum atomic E-state index is -0.287. The molecule has 0 aromatic heterocycles. The third-order valence-corrected chi connectivity index (χ3v) is 3.38. The van der Waals surface area contributed by atoms with Crippen molar-refractivity contribution in [1.82, 2.24) is 5.32 Å². The van der Waals surface area contributed by atoms with Crippen molar-refractivity contribution in [2.75, 3.05) is 20.3 Å². The first-order chi connectivity index (χ1) is 8.64. The Labute approximate surface area is 118 Å². The van der Waals surface area contributed by atoms with Gasteiger partial charge in [0.1, 0.15) is 0 Å². The van der Waals surface area contributed by atoms with E-state index in [-0.39, 0.29) is 23.9 Å². The van der Waals surface area contributed by atoms with E-state index in [1.54, 1.807) is 7.11 Å². The van der Waals surface area contributed by atoms with E-state index in [9.17, 15) is 5.11 Å². The van der Waals surface area contributed by atoms with E-state index in [0.717, 1.165) is 12.8 Å². The van der Waals surface area contributed by atoms with Gasteiger partial charge in [-0.05, 0) is 40.5 Å².